The minimum atomic E-state index is -0.412. The van der Waals surface area contributed by atoms with Gasteiger partial charge in [-0.1, -0.05) is 30.3 Å². The fourth-order valence-electron chi connectivity index (χ4n) is 1.84. The van der Waals surface area contributed by atoms with Crippen molar-refractivity contribution in [3.8, 4) is 0 Å². The zero-order chi connectivity index (χ0) is 14.8. The molecule has 0 radical (unpaired) electrons. The average molecular weight is 279 g/mol. The molecule has 0 fully saturated rings. The average Bonchev–Trinajstić information content (AvgIpc) is 2.50. The first-order valence-electron chi connectivity index (χ1n) is 6.59. The lowest BCUT2D eigenvalue weighted by Gasteiger charge is -2.16. The third kappa shape index (κ3) is 5.84. The number of hydrogen-bond donors (Lipinski definition) is 1. The molecule has 1 atom stereocenters. The molecule has 0 aromatic heterocycles. The van der Waals surface area contributed by atoms with Crippen molar-refractivity contribution in [2.45, 2.75) is 31.8 Å². The molecule has 0 amide bonds. The Morgan fingerprint density at radius 3 is 2.45 bits per heavy atom. The summed E-state index contributed by atoms with van der Waals surface area (Å²) in [6, 6.07) is 9.39. The highest BCUT2D eigenvalue weighted by Gasteiger charge is 2.18. The van der Waals surface area contributed by atoms with Gasteiger partial charge >= 0.3 is 11.9 Å². The Bertz CT molecular complexity index is 419. The highest BCUT2D eigenvalue weighted by molar-refractivity contribution is 5.75. The van der Waals surface area contributed by atoms with Crippen LogP contribution in [0.25, 0.3) is 0 Å². The van der Waals surface area contributed by atoms with Gasteiger partial charge in [-0.05, 0) is 18.4 Å². The Balaban J connectivity index is 2.44. The smallest absolute Gasteiger partial charge is 0.322 e. The minimum Gasteiger partial charge on any atom is -0.469 e. The highest BCUT2D eigenvalue weighted by atomic mass is 16.5. The molecular formula is C15H21NO4. The Labute approximate surface area is 119 Å². The van der Waals surface area contributed by atoms with E-state index in [1.54, 1.807) is 0 Å². The molecule has 110 valence electrons. The lowest BCUT2D eigenvalue weighted by molar-refractivity contribution is -0.144. The summed E-state index contributed by atoms with van der Waals surface area (Å²) in [7, 11) is 2.72. The van der Waals surface area contributed by atoms with Crippen LogP contribution in [-0.4, -0.2) is 32.2 Å². The quantitative estimate of drug-likeness (QED) is 0.733. The van der Waals surface area contributed by atoms with Crippen molar-refractivity contribution in [1.29, 1.82) is 0 Å². The monoisotopic (exact) mass is 279 g/mol. The van der Waals surface area contributed by atoms with Gasteiger partial charge in [0.2, 0.25) is 0 Å². The van der Waals surface area contributed by atoms with E-state index in [1.807, 2.05) is 30.3 Å². The van der Waals surface area contributed by atoms with Crippen LogP contribution in [-0.2, 0) is 25.6 Å². The molecule has 1 aromatic carbocycles. The third-order valence-electron chi connectivity index (χ3n) is 2.98. The molecule has 20 heavy (non-hydrogen) atoms. The van der Waals surface area contributed by atoms with Gasteiger partial charge in [0.15, 0.2) is 0 Å². The van der Waals surface area contributed by atoms with Crippen LogP contribution in [0.15, 0.2) is 30.3 Å². The fourth-order valence-corrected chi connectivity index (χ4v) is 1.84. The van der Waals surface area contributed by atoms with Crippen molar-refractivity contribution < 1.29 is 19.1 Å². The summed E-state index contributed by atoms with van der Waals surface area (Å²) in [6.45, 7) is 0.582. The van der Waals surface area contributed by atoms with Crippen LogP contribution in [0.1, 0.15) is 24.8 Å². The molecule has 1 aromatic rings. The van der Waals surface area contributed by atoms with Crippen LogP contribution in [0, 0.1) is 0 Å². The van der Waals surface area contributed by atoms with Crippen molar-refractivity contribution in [3.63, 3.8) is 0 Å². The molecule has 0 saturated heterocycles. The van der Waals surface area contributed by atoms with Gasteiger partial charge in [0, 0.05) is 13.0 Å². The third-order valence-corrected chi connectivity index (χ3v) is 2.98. The van der Waals surface area contributed by atoms with E-state index in [4.69, 9.17) is 4.74 Å². The Morgan fingerprint density at radius 2 is 1.85 bits per heavy atom. The minimum absolute atomic E-state index is 0.267. The van der Waals surface area contributed by atoms with Gasteiger partial charge in [-0.25, -0.2) is 0 Å². The molecule has 1 unspecified atom stereocenters. The maximum absolute atomic E-state index is 11.7. The van der Waals surface area contributed by atoms with Gasteiger partial charge in [0.25, 0.3) is 0 Å². The number of carbonyl (C=O) groups excluding carboxylic acids is 2. The molecule has 5 heteroatoms. The maximum Gasteiger partial charge on any atom is 0.322 e. The number of hydrogen-bond acceptors (Lipinski definition) is 5. The van der Waals surface area contributed by atoms with E-state index in [1.165, 1.54) is 14.2 Å². The lowest BCUT2D eigenvalue weighted by atomic mass is 10.1. The summed E-state index contributed by atoms with van der Waals surface area (Å²) in [5, 5.41) is 3.15. The summed E-state index contributed by atoms with van der Waals surface area (Å²) in [4.78, 5) is 22.7. The number of esters is 2. The summed E-state index contributed by atoms with van der Waals surface area (Å²) in [6.07, 6.45) is 1.42. The van der Waals surface area contributed by atoms with Gasteiger partial charge in [-0.15, -0.1) is 0 Å². The van der Waals surface area contributed by atoms with Gasteiger partial charge in [-0.3, -0.25) is 9.59 Å². The normalized spacial score (nSPS) is 11.7. The second-order valence-electron chi connectivity index (χ2n) is 4.41. The molecule has 0 aliphatic heterocycles. The zero-order valence-electron chi connectivity index (χ0n) is 11.9. The Kier molecular flexibility index (Phi) is 7.35. The van der Waals surface area contributed by atoms with Crippen LogP contribution >= 0.6 is 0 Å². The van der Waals surface area contributed by atoms with E-state index in [-0.39, 0.29) is 11.9 Å². The summed E-state index contributed by atoms with van der Waals surface area (Å²) in [5.41, 5.74) is 1.09. The van der Waals surface area contributed by atoms with Crippen LogP contribution in [0.2, 0.25) is 0 Å². The molecule has 0 bridgehead atoms. The summed E-state index contributed by atoms with van der Waals surface area (Å²) < 4.78 is 9.34. The molecule has 0 spiro atoms. The number of nitrogens with one attached hydrogen (secondary N) is 1. The predicted molar refractivity (Wildman–Crippen MR) is 75.0 cm³/mol. The van der Waals surface area contributed by atoms with Gasteiger partial charge < -0.3 is 14.8 Å². The first-order chi connectivity index (χ1) is 9.67. The van der Waals surface area contributed by atoms with E-state index < -0.39 is 6.04 Å². The topological polar surface area (TPSA) is 64.6 Å². The maximum atomic E-state index is 11.7. The largest absolute Gasteiger partial charge is 0.469 e. The fraction of sp³-hybridized carbons (Fsp3) is 0.467. The Hall–Kier alpha value is -1.88. The second kappa shape index (κ2) is 9.09. The first kappa shape index (κ1) is 16.2. The summed E-state index contributed by atoms with van der Waals surface area (Å²) >= 11 is 0. The molecule has 0 saturated carbocycles. The zero-order valence-corrected chi connectivity index (χ0v) is 11.9. The number of methoxy groups -OCH3 is 2. The van der Waals surface area contributed by atoms with Crippen molar-refractivity contribution >= 4 is 11.9 Å². The van der Waals surface area contributed by atoms with E-state index in [2.05, 4.69) is 10.1 Å². The molecule has 5 nitrogen and oxygen atoms in total. The lowest BCUT2D eigenvalue weighted by Crippen LogP contribution is -2.37. The van der Waals surface area contributed by atoms with Crippen molar-refractivity contribution in [2.75, 3.05) is 14.2 Å². The van der Waals surface area contributed by atoms with Gasteiger partial charge in [0.05, 0.1) is 14.2 Å². The molecule has 1 N–H and O–H groups in total. The molecule has 0 aliphatic carbocycles. The first-order valence-corrected chi connectivity index (χ1v) is 6.59. The van der Waals surface area contributed by atoms with Gasteiger partial charge in [-0.2, -0.15) is 0 Å². The predicted octanol–water partition coefficient (Wildman–Crippen LogP) is 1.66. The van der Waals surface area contributed by atoms with Crippen LogP contribution < -0.4 is 5.32 Å². The number of benzene rings is 1. The SMILES string of the molecule is COC(=O)CCCC(NCc1ccccc1)C(=O)OC. The van der Waals surface area contributed by atoms with Crippen molar-refractivity contribution in [1.82, 2.24) is 5.32 Å². The van der Waals surface area contributed by atoms with E-state index in [0.717, 1.165) is 5.56 Å². The standard InChI is InChI=1S/C15H21NO4/c1-19-14(17)10-6-9-13(15(18)20-2)16-11-12-7-4-3-5-8-12/h3-5,7-8,13,16H,6,9-11H2,1-2H3. The molecule has 0 heterocycles. The highest BCUT2D eigenvalue weighted by Crippen LogP contribution is 2.06. The second-order valence-corrected chi connectivity index (χ2v) is 4.41. The van der Waals surface area contributed by atoms with Crippen LogP contribution in [0.3, 0.4) is 0 Å². The number of ether oxygens (including phenoxy) is 2. The molecular weight excluding hydrogens is 258 g/mol. The summed E-state index contributed by atoms with van der Waals surface area (Å²) in [5.74, 6) is -0.581. The van der Waals surface area contributed by atoms with Gasteiger partial charge in [0.1, 0.15) is 6.04 Å². The van der Waals surface area contributed by atoms with E-state index in [9.17, 15) is 9.59 Å². The van der Waals surface area contributed by atoms with E-state index >= 15 is 0 Å². The Morgan fingerprint density at radius 1 is 1.15 bits per heavy atom. The van der Waals surface area contributed by atoms with Crippen LogP contribution in [0.4, 0.5) is 0 Å². The van der Waals surface area contributed by atoms with Crippen molar-refractivity contribution in [2.24, 2.45) is 0 Å². The number of carbonyl (C=O) groups is 2. The van der Waals surface area contributed by atoms with Crippen molar-refractivity contribution in [3.05, 3.63) is 35.9 Å². The molecule has 1 rings (SSSR count). The number of rotatable bonds is 8. The van der Waals surface area contributed by atoms with E-state index in [0.29, 0.717) is 25.8 Å². The van der Waals surface area contributed by atoms with Crippen LogP contribution in [0.5, 0.6) is 0 Å². The molecule has 0 aliphatic rings.